The first kappa shape index (κ1) is 16.0. The second-order valence-corrected chi connectivity index (χ2v) is 6.66. The summed E-state index contributed by atoms with van der Waals surface area (Å²) in [5.74, 6) is 0.667. The van der Waals surface area contributed by atoms with Crippen molar-refractivity contribution in [1.29, 1.82) is 0 Å². The van der Waals surface area contributed by atoms with Gasteiger partial charge in [0.15, 0.2) is 0 Å². The van der Waals surface area contributed by atoms with Gasteiger partial charge in [-0.15, -0.1) is 0 Å². The molecule has 1 N–H and O–H groups in total. The summed E-state index contributed by atoms with van der Waals surface area (Å²) in [7, 11) is 0. The number of hydrogen-bond donors (Lipinski definition) is 1. The van der Waals surface area contributed by atoms with Crippen LogP contribution in [0.25, 0.3) is 0 Å². The predicted molar refractivity (Wildman–Crippen MR) is 92.3 cm³/mol. The van der Waals surface area contributed by atoms with Crippen molar-refractivity contribution < 1.29 is 9.53 Å². The molecule has 0 aromatic carbocycles. The van der Waals surface area contributed by atoms with Gasteiger partial charge < -0.3 is 15.0 Å². The van der Waals surface area contributed by atoms with E-state index in [0.29, 0.717) is 12.2 Å². The minimum absolute atomic E-state index is 0.0728. The first-order chi connectivity index (χ1) is 12.2. The highest BCUT2D eigenvalue weighted by atomic mass is 16.5. The molecule has 25 heavy (non-hydrogen) atoms. The first-order valence-corrected chi connectivity index (χ1v) is 8.61. The molecule has 130 valence electrons. The summed E-state index contributed by atoms with van der Waals surface area (Å²) in [6.45, 7) is 2.28. The number of ether oxygens (including phenoxy) is 1. The summed E-state index contributed by atoms with van der Waals surface area (Å²) in [6, 6.07) is 5.48. The topological polar surface area (TPSA) is 80.2 Å². The number of nitrogens with one attached hydrogen (secondary N) is 1. The molecule has 2 aromatic rings. The molecule has 7 nitrogen and oxygen atoms in total. The van der Waals surface area contributed by atoms with Crippen molar-refractivity contribution in [3.8, 4) is 0 Å². The van der Waals surface area contributed by atoms with Crippen LogP contribution in [0.15, 0.2) is 43.0 Å². The van der Waals surface area contributed by atoms with Gasteiger partial charge in [-0.05, 0) is 37.5 Å². The number of aromatic nitrogens is 3. The van der Waals surface area contributed by atoms with Gasteiger partial charge >= 0.3 is 0 Å². The lowest BCUT2D eigenvalue weighted by molar-refractivity contribution is -0.0721. The lowest BCUT2D eigenvalue weighted by Crippen LogP contribution is -2.50. The molecule has 4 heterocycles. The van der Waals surface area contributed by atoms with Gasteiger partial charge in [0.1, 0.15) is 0 Å². The van der Waals surface area contributed by atoms with Crippen LogP contribution in [0.4, 0.5) is 5.95 Å². The van der Waals surface area contributed by atoms with Crippen LogP contribution in [-0.2, 0) is 4.74 Å². The molecular weight excluding hydrogens is 318 g/mol. The molecule has 0 bridgehead atoms. The van der Waals surface area contributed by atoms with E-state index in [4.69, 9.17) is 4.74 Å². The summed E-state index contributed by atoms with van der Waals surface area (Å²) in [4.78, 5) is 27.2. The van der Waals surface area contributed by atoms with Crippen molar-refractivity contribution in [2.45, 2.75) is 30.9 Å². The summed E-state index contributed by atoms with van der Waals surface area (Å²) >= 11 is 0. The Morgan fingerprint density at radius 2 is 2.16 bits per heavy atom. The van der Waals surface area contributed by atoms with Crippen molar-refractivity contribution >= 4 is 11.9 Å². The average Bonchev–Trinajstić information content (AvgIpc) is 3.06. The fourth-order valence-corrected chi connectivity index (χ4v) is 3.67. The normalized spacial score (nSPS) is 25.9. The van der Waals surface area contributed by atoms with Crippen LogP contribution in [0.1, 0.15) is 29.6 Å². The maximum atomic E-state index is 12.4. The van der Waals surface area contributed by atoms with E-state index >= 15 is 0 Å². The summed E-state index contributed by atoms with van der Waals surface area (Å²) in [5, 5.41) is 3.13. The first-order valence-electron chi connectivity index (χ1n) is 8.61. The molecule has 2 aliphatic heterocycles. The van der Waals surface area contributed by atoms with E-state index in [9.17, 15) is 4.79 Å². The Balaban J connectivity index is 1.40. The number of rotatable bonds is 3. The van der Waals surface area contributed by atoms with Gasteiger partial charge in [0.25, 0.3) is 5.91 Å². The third kappa shape index (κ3) is 3.46. The van der Waals surface area contributed by atoms with Gasteiger partial charge in [-0.25, -0.2) is 9.97 Å². The molecule has 2 aliphatic rings. The summed E-state index contributed by atoms with van der Waals surface area (Å²) < 4.78 is 6.13. The van der Waals surface area contributed by atoms with Gasteiger partial charge in [0.05, 0.1) is 17.7 Å². The molecule has 0 aliphatic carbocycles. The Kier molecular flexibility index (Phi) is 4.31. The average molecular weight is 339 g/mol. The van der Waals surface area contributed by atoms with Gasteiger partial charge in [-0.2, -0.15) is 0 Å². The van der Waals surface area contributed by atoms with Crippen LogP contribution < -0.4 is 10.2 Å². The molecule has 0 radical (unpaired) electrons. The van der Waals surface area contributed by atoms with Crippen molar-refractivity contribution in [2.75, 3.05) is 24.6 Å². The van der Waals surface area contributed by atoms with Crippen molar-refractivity contribution in [1.82, 2.24) is 20.3 Å². The number of amides is 1. The standard InChI is InChI=1S/C18H21N5O2/c24-16(14-3-1-6-19-12-14)22-15-4-10-25-18(11-15)5-9-23(13-18)17-20-7-2-8-21-17/h1-3,6-8,12,15H,4-5,9-11,13H2,(H,22,24)/t15-,18-/m0/s1. The highest BCUT2D eigenvalue weighted by Crippen LogP contribution is 2.35. The van der Waals surface area contributed by atoms with Crippen LogP contribution >= 0.6 is 0 Å². The molecule has 1 amide bonds. The quantitative estimate of drug-likeness (QED) is 0.911. The summed E-state index contributed by atoms with van der Waals surface area (Å²) in [5.41, 5.74) is 0.360. The lowest BCUT2D eigenvalue weighted by Gasteiger charge is -2.38. The van der Waals surface area contributed by atoms with E-state index < -0.39 is 0 Å². The second kappa shape index (κ2) is 6.76. The number of carbonyl (C=O) groups is 1. The monoisotopic (exact) mass is 339 g/mol. The largest absolute Gasteiger partial charge is 0.373 e. The Hall–Kier alpha value is -2.54. The fourth-order valence-electron chi connectivity index (χ4n) is 3.67. The SMILES string of the molecule is O=C(N[C@H]1CCO[C@@]2(CCN(c3ncccn3)C2)C1)c1cccnc1. The minimum Gasteiger partial charge on any atom is -0.373 e. The molecule has 0 saturated carbocycles. The Morgan fingerprint density at radius 3 is 2.96 bits per heavy atom. The van der Waals surface area contributed by atoms with Gasteiger partial charge in [0, 0.05) is 44.0 Å². The zero-order chi connectivity index (χ0) is 17.1. The van der Waals surface area contributed by atoms with E-state index in [2.05, 4.69) is 25.2 Å². The van der Waals surface area contributed by atoms with E-state index in [1.165, 1.54) is 0 Å². The molecule has 0 unspecified atom stereocenters. The Labute approximate surface area is 146 Å². The zero-order valence-electron chi connectivity index (χ0n) is 14.0. The Bertz CT molecular complexity index is 727. The van der Waals surface area contributed by atoms with Gasteiger partial charge in [-0.1, -0.05) is 0 Å². The lowest BCUT2D eigenvalue weighted by atomic mass is 9.89. The predicted octanol–water partition coefficient (Wildman–Crippen LogP) is 1.43. The smallest absolute Gasteiger partial charge is 0.253 e. The van der Waals surface area contributed by atoms with Crippen LogP contribution in [0.5, 0.6) is 0 Å². The molecule has 4 rings (SSSR count). The zero-order valence-corrected chi connectivity index (χ0v) is 14.0. The molecule has 1 spiro atoms. The van der Waals surface area contributed by atoms with Crippen molar-refractivity contribution in [2.24, 2.45) is 0 Å². The number of carbonyl (C=O) groups excluding carboxylic acids is 1. The number of pyridine rings is 1. The van der Waals surface area contributed by atoms with E-state index in [-0.39, 0.29) is 17.6 Å². The number of anilines is 1. The van der Waals surface area contributed by atoms with E-state index in [1.54, 1.807) is 36.9 Å². The van der Waals surface area contributed by atoms with Crippen LogP contribution in [0.2, 0.25) is 0 Å². The highest BCUT2D eigenvalue weighted by Gasteiger charge is 2.44. The third-order valence-corrected chi connectivity index (χ3v) is 4.90. The number of hydrogen-bond acceptors (Lipinski definition) is 6. The van der Waals surface area contributed by atoms with Gasteiger partial charge in [0.2, 0.25) is 5.95 Å². The third-order valence-electron chi connectivity index (χ3n) is 4.90. The molecule has 7 heteroatoms. The molecule has 2 aromatic heterocycles. The van der Waals surface area contributed by atoms with Crippen LogP contribution in [0.3, 0.4) is 0 Å². The second-order valence-electron chi connectivity index (χ2n) is 6.66. The van der Waals surface area contributed by atoms with Crippen LogP contribution in [-0.4, -0.2) is 52.2 Å². The summed E-state index contributed by atoms with van der Waals surface area (Å²) in [6.07, 6.45) is 9.33. The fraction of sp³-hybridized carbons (Fsp3) is 0.444. The van der Waals surface area contributed by atoms with E-state index in [0.717, 1.165) is 38.3 Å². The number of nitrogens with zero attached hydrogens (tertiary/aromatic N) is 4. The van der Waals surface area contributed by atoms with Gasteiger partial charge in [-0.3, -0.25) is 9.78 Å². The molecule has 2 saturated heterocycles. The highest BCUT2D eigenvalue weighted by molar-refractivity contribution is 5.94. The maximum absolute atomic E-state index is 12.4. The molecule has 2 atom stereocenters. The Morgan fingerprint density at radius 1 is 1.28 bits per heavy atom. The van der Waals surface area contributed by atoms with E-state index in [1.807, 2.05) is 6.07 Å². The molecular formula is C18H21N5O2. The van der Waals surface area contributed by atoms with Crippen LogP contribution in [0, 0.1) is 0 Å². The minimum atomic E-state index is -0.232. The maximum Gasteiger partial charge on any atom is 0.253 e. The molecule has 2 fully saturated rings. The van der Waals surface area contributed by atoms with Crippen molar-refractivity contribution in [3.05, 3.63) is 48.5 Å². The van der Waals surface area contributed by atoms with Crippen molar-refractivity contribution in [3.63, 3.8) is 0 Å².